The zero-order valence-electron chi connectivity index (χ0n) is 9.18. The summed E-state index contributed by atoms with van der Waals surface area (Å²) in [7, 11) is 0. The molecule has 2 aromatic heterocycles. The van der Waals surface area contributed by atoms with Crippen molar-refractivity contribution in [3.8, 4) is 5.69 Å². The topological polar surface area (TPSA) is 56.7 Å². The standard InChI is InChI=1S/C11H13FN4/c1-7(2)10-4-11(13)16(15-10)9-3-8(12)5-14-6-9/h3-7H,13H2,1-2H3. The number of hydrogen-bond acceptors (Lipinski definition) is 3. The Morgan fingerprint density at radius 3 is 2.62 bits per heavy atom. The fourth-order valence-corrected chi connectivity index (χ4v) is 1.42. The fraction of sp³-hybridized carbons (Fsp3) is 0.273. The number of hydrogen-bond donors (Lipinski definition) is 1. The molecular formula is C11H13FN4. The van der Waals surface area contributed by atoms with Crippen LogP contribution >= 0.6 is 0 Å². The first kappa shape index (κ1) is 10.6. The number of halogens is 1. The number of rotatable bonds is 2. The van der Waals surface area contributed by atoms with Crippen LogP contribution in [-0.4, -0.2) is 14.8 Å². The molecule has 4 nitrogen and oxygen atoms in total. The molecule has 2 rings (SSSR count). The normalized spacial score (nSPS) is 11.0. The van der Waals surface area contributed by atoms with E-state index in [0.717, 1.165) is 11.9 Å². The third kappa shape index (κ3) is 1.88. The summed E-state index contributed by atoms with van der Waals surface area (Å²) in [4.78, 5) is 3.76. The van der Waals surface area contributed by atoms with E-state index < -0.39 is 5.82 Å². The molecule has 2 N–H and O–H groups in total. The predicted octanol–water partition coefficient (Wildman–Crippen LogP) is 2.11. The van der Waals surface area contributed by atoms with E-state index >= 15 is 0 Å². The molecular weight excluding hydrogens is 207 g/mol. The van der Waals surface area contributed by atoms with E-state index in [1.54, 1.807) is 6.07 Å². The molecule has 0 bridgehead atoms. The highest BCUT2D eigenvalue weighted by atomic mass is 19.1. The molecule has 5 heteroatoms. The molecule has 0 aliphatic heterocycles. The molecule has 0 aliphatic rings. The maximum Gasteiger partial charge on any atom is 0.143 e. The summed E-state index contributed by atoms with van der Waals surface area (Å²) >= 11 is 0. The molecule has 0 aliphatic carbocycles. The molecule has 0 saturated heterocycles. The summed E-state index contributed by atoms with van der Waals surface area (Å²) in [6.07, 6.45) is 2.67. The van der Waals surface area contributed by atoms with Crippen molar-refractivity contribution in [3.63, 3.8) is 0 Å². The summed E-state index contributed by atoms with van der Waals surface area (Å²) in [6.45, 7) is 4.05. The van der Waals surface area contributed by atoms with Crippen LogP contribution in [0.3, 0.4) is 0 Å². The zero-order valence-corrected chi connectivity index (χ0v) is 9.18. The molecule has 84 valence electrons. The summed E-state index contributed by atoms with van der Waals surface area (Å²) in [5.41, 5.74) is 7.22. The quantitative estimate of drug-likeness (QED) is 0.843. The van der Waals surface area contributed by atoms with Gasteiger partial charge in [0.05, 0.1) is 23.8 Å². The lowest BCUT2D eigenvalue weighted by Crippen LogP contribution is -2.03. The number of aromatic nitrogens is 3. The van der Waals surface area contributed by atoms with E-state index in [4.69, 9.17) is 5.73 Å². The zero-order chi connectivity index (χ0) is 11.7. The Morgan fingerprint density at radius 1 is 1.31 bits per heavy atom. The van der Waals surface area contributed by atoms with E-state index in [-0.39, 0.29) is 5.92 Å². The lowest BCUT2D eigenvalue weighted by Gasteiger charge is -2.03. The third-order valence-corrected chi connectivity index (χ3v) is 2.28. The second-order valence-corrected chi connectivity index (χ2v) is 3.92. The number of nitrogen functional groups attached to an aromatic ring is 1. The second kappa shape index (κ2) is 3.92. The Labute approximate surface area is 92.9 Å². The van der Waals surface area contributed by atoms with Gasteiger partial charge >= 0.3 is 0 Å². The number of anilines is 1. The first-order valence-corrected chi connectivity index (χ1v) is 5.04. The van der Waals surface area contributed by atoms with Gasteiger partial charge in [-0.25, -0.2) is 9.07 Å². The Morgan fingerprint density at radius 2 is 2.06 bits per heavy atom. The Balaban J connectivity index is 2.48. The lowest BCUT2D eigenvalue weighted by molar-refractivity contribution is 0.618. The van der Waals surface area contributed by atoms with Gasteiger partial charge in [-0.1, -0.05) is 13.8 Å². The molecule has 0 amide bonds. The average molecular weight is 220 g/mol. The van der Waals surface area contributed by atoms with Gasteiger partial charge < -0.3 is 5.73 Å². The second-order valence-electron chi connectivity index (χ2n) is 3.92. The molecule has 0 fully saturated rings. The molecule has 0 aromatic carbocycles. The maximum atomic E-state index is 13.0. The molecule has 0 atom stereocenters. The van der Waals surface area contributed by atoms with E-state index in [0.29, 0.717) is 11.5 Å². The molecule has 0 unspecified atom stereocenters. The van der Waals surface area contributed by atoms with E-state index in [1.807, 2.05) is 13.8 Å². The summed E-state index contributed by atoms with van der Waals surface area (Å²) in [5.74, 6) is 0.361. The Hall–Kier alpha value is -1.91. The van der Waals surface area contributed by atoms with E-state index in [2.05, 4.69) is 10.1 Å². The van der Waals surface area contributed by atoms with Crippen molar-refractivity contribution < 1.29 is 4.39 Å². The predicted molar refractivity (Wildman–Crippen MR) is 59.8 cm³/mol. The smallest absolute Gasteiger partial charge is 0.143 e. The van der Waals surface area contributed by atoms with Crippen LogP contribution in [0.2, 0.25) is 0 Å². The number of pyridine rings is 1. The van der Waals surface area contributed by atoms with Crippen LogP contribution in [0, 0.1) is 5.82 Å². The minimum atomic E-state index is -0.404. The van der Waals surface area contributed by atoms with Gasteiger partial charge in [0.25, 0.3) is 0 Å². The molecule has 0 saturated carbocycles. The molecule has 0 radical (unpaired) electrons. The van der Waals surface area contributed by atoms with Crippen LogP contribution in [-0.2, 0) is 0 Å². The van der Waals surface area contributed by atoms with E-state index in [1.165, 1.54) is 16.9 Å². The van der Waals surface area contributed by atoms with Crippen molar-refractivity contribution in [1.82, 2.24) is 14.8 Å². The van der Waals surface area contributed by atoms with Crippen molar-refractivity contribution in [1.29, 1.82) is 0 Å². The minimum absolute atomic E-state index is 0.282. The lowest BCUT2D eigenvalue weighted by atomic mass is 10.1. The maximum absolute atomic E-state index is 13.0. The number of nitrogens with zero attached hydrogens (tertiary/aromatic N) is 3. The van der Waals surface area contributed by atoms with Gasteiger partial charge in [-0.2, -0.15) is 5.10 Å². The highest BCUT2D eigenvalue weighted by Crippen LogP contribution is 2.19. The largest absolute Gasteiger partial charge is 0.384 e. The van der Waals surface area contributed by atoms with Gasteiger partial charge in [0, 0.05) is 12.1 Å². The van der Waals surface area contributed by atoms with Gasteiger partial charge in [0.2, 0.25) is 0 Å². The van der Waals surface area contributed by atoms with Crippen molar-refractivity contribution >= 4 is 5.82 Å². The summed E-state index contributed by atoms with van der Waals surface area (Å²) in [5, 5.41) is 4.31. The van der Waals surface area contributed by atoms with Crippen molar-refractivity contribution in [2.45, 2.75) is 19.8 Å². The van der Waals surface area contributed by atoms with Crippen LogP contribution in [0.25, 0.3) is 5.69 Å². The molecule has 0 spiro atoms. The Bertz CT molecular complexity index is 504. The molecule has 16 heavy (non-hydrogen) atoms. The minimum Gasteiger partial charge on any atom is -0.384 e. The van der Waals surface area contributed by atoms with Crippen molar-refractivity contribution in [2.75, 3.05) is 5.73 Å². The monoisotopic (exact) mass is 220 g/mol. The molecule has 2 aromatic rings. The summed E-state index contributed by atoms with van der Waals surface area (Å²) in [6, 6.07) is 3.13. The fourth-order valence-electron chi connectivity index (χ4n) is 1.42. The van der Waals surface area contributed by atoms with Crippen LogP contribution in [0.4, 0.5) is 10.2 Å². The van der Waals surface area contributed by atoms with E-state index in [9.17, 15) is 4.39 Å². The third-order valence-electron chi connectivity index (χ3n) is 2.28. The highest BCUT2D eigenvalue weighted by molar-refractivity contribution is 5.42. The highest BCUT2D eigenvalue weighted by Gasteiger charge is 2.10. The van der Waals surface area contributed by atoms with Crippen LogP contribution in [0.1, 0.15) is 25.5 Å². The van der Waals surface area contributed by atoms with Crippen molar-refractivity contribution in [3.05, 3.63) is 36.0 Å². The molecule has 2 heterocycles. The Kier molecular flexibility index (Phi) is 2.60. The van der Waals surface area contributed by atoms with Gasteiger partial charge in [0.15, 0.2) is 0 Å². The first-order chi connectivity index (χ1) is 7.58. The average Bonchev–Trinajstić information content (AvgIpc) is 2.60. The SMILES string of the molecule is CC(C)c1cc(N)n(-c2cncc(F)c2)n1. The van der Waals surface area contributed by atoms with Gasteiger partial charge in [-0.05, 0) is 5.92 Å². The van der Waals surface area contributed by atoms with Gasteiger partial charge in [-0.15, -0.1) is 0 Å². The van der Waals surface area contributed by atoms with Crippen LogP contribution in [0.5, 0.6) is 0 Å². The van der Waals surface area contributed by atoms with Gasteiger partial charge in [0.1, 0.15) is 11.6 Å². The van der Waals surface area contributed by atoms with Crippen LogP contribution < -0.4 is 5.73 Å². The van der Waals surface area contributed by atoms with Crippen LogP contribution in [0.15, 0.2) is 24.5 Å². The first-order valence-electron chi connectivity index (χ1n) is 5.04. The number of nitrogens with two attached hydrogens (primary N) is 1. The van der Waals surface area contributed by atoms with Crippen molar-refractivity contribution in [2.24, 2.45) is 0 Å². The van der Waals surface area contributed by atoms with Gasteiger partial charge in [-0.3, -0.25) is 4.98 Å². The summed E-state index contributed by atoms with van der Waals surface area (Å²) < 4.78 is 14.5.